The van der Waals surface area contributed by atoms with Gasteiger partial charge in [-0.2, -0.15) is 4.98 Å². The highest BCUT2D eigenvalue weighted by Crippen LogP contribution is 2.31. The summed E-state index contributed by atoms with van der Waals surface area (Å²) in [6.07, 6.45) is 5.74. The summed E-state index contributed by atoms with van der Waals surface area (Å²) in [5.74, 6) is 2.48. The van der Waals surface area contributed by atoms with E-state index in [-0.39, 0.29) is 11.8 Å². The smallest absolute Gasteiger partial charge is 0.241 e. The van der Waals surface area contributed by atoms with Gasteiger partial charge in [-0.1, -0.05) is 11.6 Å². The van der Waals surface area contributed by atoms with Gasteiger partial charge in [0.05, 0.1) is 26.7 Å². The largest absolute Gasteiger partial charge is 0.493 e. The summed E-state index contributed by atoms with van der Waals surface area (Å²) in [4.78, 5) is 22.1. The van der Waals surface area contributed by atoms with Crippen molar-refractivity contribution in [3.63, 3.8) is 0 Å². The van der Waals surface area contributed by atoms with E-state index in [0.29, 0.717) is 42.3 Å². The van der Waals surface area contributed by atoms with Gasteiger partial charge in [-0.25, -0.2) is 0 Å². The number of ether oxygens (including phenoxy) is 2. The Morgan fingerprint density at radius 3 is 2.79 bits per heavy atom. The lowest BCUT2D eigenvalue weighted by Gasteiger charge is -2.34. The van der Waals surface area contributed by atoms with Crippen LogP contribution in [0.25, 0.3) is 11.4 Å². The Kier molecular flexibility index (Phi) is 8.39. The van der Waals surface area contributed by atoms with Gasteiger partial charge in [0.2, 0.25) is 17.6 Å². The number of aromatic nitrogens is 2. The number of amides is 1. The minimum Gasteiger partial charge on any atom is -0.493 e. The second kappa shape index (κ2) is 11.7. The Labute approximate surface area is 201 Å². The molecule has 2 atom stereocenters. The van der Waals surface area contributed by atoms with Crippen LogP contribution in [0.4, 0.5) is 0 Å². The molecule has 2 aromatic rings. The van der Waals surface area contributed by atoms with Crippen LogP contribution in [0.3, 0.4) is 0 Å². The van der Waals surface area contributed by atoms with Gasteiger partial charge in [0.1, 0.15) is 0 Å². The van der Waals surface area contributed by atoms with Crippen LogP contribution in [0.15, 0.2) is 22.7 Å². The molecule has 1 amide bonds. The molecule has 1 aromatic heterocycles. The Hall–Kier alpha value is -2.65. The summed E-state index contributed by atoms with van der Waals surface area (Å²) in [7, 11) is 3.20. The molecule has 1 N–H and O–H groups in total. The molecule has 9 nitrogen and oxygen atoms in total. The zero-order chi connectivity index (χ0) is 23.9. The highest BCUT2D eigenvalue weighted by Gasteiger charge is 2.27. The third-order valence-corrected chi connectivity index (χ3v) is 6.98. The molecule has 0 bridgehead atoms. The van der Waals surface area contributed by atoms with E-state index in [0.717, 1.165) is 44.6 Å². The fourth-order valence-electron chi connectivity index (χ4n) is 4.97. The van der Waals surface area contributed by atoms with Crippen molar-refractivity contribution in [2.45, 2.75) is 51.6 Å². The van der Waals surface area contributed by atoms with Crippen LogP contribution < -0.4 is 14.8 Å². The average molecular weight is 472 g/mol. The summed E-state index contributed by atoms with van der Waals surface area (Å²) in [5.41, 5.74) is 0.798. The zero-order valence-corrected chi connectivity index (χ0v) is 20.6. The molecular formula is C25H37N5O4. The summed E-state index contributed by atoms with van der Waals surface area (Å²) >= 11 is 0. The first-order valence-corrected chi connectivity index (χ1v) is 12.4. The third kappa shape index (κ3) is 6.07. The summed E-state index contributed by atoms with van der Waals surface area (Å²) in [6.45, 7) is 7.25. The van der Waals surface area contributed by atoms with Crippen molar-refractivity contribution in [2.24, 2.45) is 5.92 Å². The maximum Gasteiger partial charge on any atom is 0.241 e. The third-order valence-electron chi connectivity index (χ3n) is 6.98. The molecule has 4 rings (SSSR count). The number of carbonyl (C=O) groups excluding carboxylic acids is 1. The molecule has 0 spiro atoms. The molecule has 2 aliphatic rings. The molecule has 2 fully saturated rings. The number of likely N-dealkylation sites (tertiary alicyclic amines) is 2. The van der Waals surface area contributed by atoms with E-state index < -0.39 is 0 Å². The standard InChI is InChI=1S/C25H37N5O4/c1-18-7-4-5-13-30(18)14-11-26-25(31)20-8-6-12-29(16-20)17-23-27-24(28-34-23)19-9-10-21(32-2)22(15-19)33-3/h9-10,15,18,20H,4-8,11-14,16-17H2,1-3H3,(H,26,31)/t18-,20+/m1/s1. The molecule has 9 heteroatoms. The first kappa shape index (κ1) is 24.5. The second-order valence-electron chi connectivity index (χ2n) is 9.33. The van der Waals surface area contributed by atoms with Crippen molar-refractivity contribution in [2.75, 3.05) is 46.9 Å². The molecule has 2 saturated heterocycles. The SMILES string of the molecule is COc1ccc(-c2noc(CN3CCC[C@H](C(=O)NCCN4CCCC[C@H]4C)C3)n2)cc1OC. The Morgan fingerprint density at radius 1 is 1.15 bits per heavy atom. The van der Waals surface area contributed by atoms with E-state index in [1.54, 1.807) is 14.2 Å². The number of carbonyl (C=O) groups is 1. The number of hydrogen-bond acceptors (Lipinski definition) is 8. The first-order chi connectivity index (χ1) is 16.6. The summed E-state index contributed by atoms with van der Waals surface area (Å²) in [6, 6.07) is 6.15. The molecule has 34 heavy (non-hydrogen) atoms. The van der Waals surface area contributed by atoms with Crippen LogP contribution in [-0.4, -0.2) is 78.8 Å². The highest BCUT2D eigenvalue weighted by molar-refractivity contribution is 5.78. The van der Waals surface area contributed by atoms with Gasteiger partial charge in [-0.05, 0) is 63.9 Å². The number of piperidine rings is 2. The Balaban J connectivity index is 1.28. The molecule has 0 radical (unpaired) electrons. The highest BCUT2D eigenvalue weighted by atomic mass is 16.5. The van der Waals surface area contributed by atoms with E-state index in [1.165, 1.54) is 19.3 Å². The number of nitrogens with zero attached hydrogens (tertiary/aromatic N) is 4. The molecule has 186 valence electrons. The van der Waals surface area contributed by atoms with Crippen molar-refractivity contribution in [3.05, 3.63) is 24.1 Å². The predicted molar refractivity (Wildman–Crippen MR) is 129 cm³/mol. The van der Waals surface area contributed by atoms with E-state index in [9.17, 15) is 4.79 Å². The maximum absolute atomic E-state index is 12.8. The van der Waals surface area contributed by atoms with E-state index in [1.807, 2.05) is 18.2 Å². The monoisotopic (exact) mass is 471 g/mol. The topological polar surface area (TPSA) is 93.0 Å². The van der Waals surface area contributed by atoms with Gasteiger partial charge in [-0.3, -0.25) is 14.6 Å². The van der Waals surface area contributed by atoms with Crippen LogP contribution >= 0.6 is 0 Å². The number of rotatable bonds is 9. The molecule has 0 saturated carbocycles. The number of hydrogen-bond donors (Lipinski definition) is 1. The minimum atomic E-state index is 0.000713. The van der Waals surface area contributed by atoms with Gasteiger partial charge in [0.25, 0.3) is 0 Å². The Morgan fingerprint density at radius 2 is 2.00 bits per heavy atom. The van der Waals surface area contributed by atoms with Crippen molar-refractivity contribution < 1.29 is 18.8 Å². The maximum atomic E-state index is 12.8. The van der Waals surface area contributed by atoms with Crippen LogP contribution in [0.2, 0.25) is 0 Å². The number of nitrogens with one attached hydrogen (secondary N) is 1. The molecular weight excluding hydrogens is 434 g/mol. The molecule has 2 aliphatic heterocycles. The van der Waals surface area contributed by atoms with Crippen LogP contribution in [0, 0.1) is 5.92 Å². The molecule has 0 aliphatic carbocycles. The van der Waals surface area contributed by atoms with Crippen LogP contribution in [-0.2, 0) is 11.3 Å². The van der Waals surface area contributed by atoms with Crippen LogP contribution in [0.5, 0.6) is 11.5 Å². The number of benzene rings is 1. The fraction of sp³-hybridized carbons (Fsp3) is 0.640. The second-order valence-corrected chi connectivity index (χ2v) is 9.33. The summed E-state index contributed by atoms with van der Waals surface area (Å²) < 4.78 is 16.2. The lowest BCUT2D eigenvalue weighted by Crippen LogP contribution is -2.46. The van der Waals surface area contributed by atoms with Gasteiger partial charge < -0.3 is 19.3 Å². The van der Waals surface area contributed by atoms with E-state index >= 15 is 0 Å². The van der Waals surface area contributed by atoms with Crippen LogP contribution in [0.1, 0.15) is 44.9 Å². The van der Waals surface area contributed by atoms with E-state index in [4.69, 9.17) is 14.0 Å². The van der Waals surface area contributed by atoms with Crippen molar-refractivity contribution in [3.8, 4) is 22.9 Å². The zero-order valence-electron chi connectivity index (χ0n) is 20.6. The Bertz CT molecular complexity index is 949. The lowest BCUT2D eigenvalue weighted by molar-refractivity contribution is -0.126. The van der Waals surface area contributed by atoms with Crippen molar-refractivity contribution in [1.82, 2.24) is 25.3 Å². The molecule has 0 unspecified atom stereocenters. The molecule has 3 heterocycles. The van der Waals surface area contributed by atoms with Gasteiger partial charge in [0, 0.05) is 31.2 Å². The van der Waals surface area contributed by atoms with Gasteiger partial charge in [-0.15, -0.1) is 0 Å². The number of methoxy groups -OCH3 is 2. The predicted octanol–water partition coefficient (Wildman–Crippen LogP) is 2.96. The average Bonchev–Trinajstić information content (AvgIpc) is 3.33. The lowest BCUT2D eigenvalue weighted by atomic mass is 9.97. The van der Waals surface area contributed by atoms with Crippen molar-refractivity contribution in [1.29, 1.82) is 0 Å². The fourth-order valence-corrected chi connectivity index (χ4v) is 4.97. The molecule has 1 aromatic carbocycles. The van der Waals surface area contributed by atoms with Gasteiger partial charge >= 0.3 is 0 Å². The van der Waals surface area contributed by atoms with Crippen molar-refractivity contribution >= 4 is 5.91 Å². The normalized spacial score (nSPS) is 21.9. The van der Waals surface area contributed by atoms with E-state index in [2.05, 4.69) is 32.2 Å². The van der Waals surface area contributed by atoms with Gasteiger partial charge in [0.15, 0.2) is 11.5 Å². The summed E-state index contributed by atoms with van der Waals surface area (Å²) in [5, 5.41) is 7.30. The quantitative estimate of drug-likeness (QED) is 0.597. The first-order valence-electron chi connectivity index (χ1n) is 12.4. The minimum absolute atomic E-state index is 0.000713.